The van der Waals surface area contributed by atoms with Gasteiger partial charge in [0.1, 0.15) is 5.82 Å². The summed E-state index contributed by atoms with van der Waals surface area (Å²) < 4.78 is 0. The highest BCUT2D eigenvalue weighted by Crippen LogP contribution is 2.66. The second-order valence-corrected chi connectivity index (χ2v) is 11.3. The first-order chi connectivity index (χ1) is 14.3. The largest absolute Gasteiger partial charge is 0.319 e. The van der Waals surface area contributed by atoms with E-state index in [-0.39, 0.29) is 28.6 Å². The minimum Gasteiger partial charge on any atom is -0.319 e. The number of allylic oxidation sites excluding steroid dienone is 2. The Balaban J connectivity index is 1.44. The van der Waals surface area contributed by atoms with Crippen molar-refractivity contribution in [1.29, 1.82) is 0 Å². The standard InChI is InChI=1S/C24H33N3O2S/c1-14-11-15-16-5-6-18(22(29)26-19-12-30-13-25-19)23(16,2)9-7-17(15)24(3)10-8-20(28)27(4)21(14)24/h12-13,15-18H,5-11H2,1-4H3,(H,26,29)/t15-,16-,17+,18?,23-,24+/m0/s1. The number of aromatic nitrogens is 1. The number of carbonyl (C=O) groups excluding carboxylic acids is 2. The number of hydrogen-bond donors (Lipinski definition) is 1. The molecular weight excluding hydrogens is 394 g/mol. The number of thiazole rings is 1. The van der Waals surface area contributed by atoms with Crippen LogP contribution >= 0.6 is 11.3 Å². The third-order valence-corrected chi connectivity index (χ3v) is 9.90. The second kappa shape index (κ2) is 6.91. The molecule has 1 N–H and O–H groups in total. The van der Waals surface area contributed by atoms with Crippen molar-refractivity contribution in [2.45, 2.75) is 65.7 Å². The maximum atomic E-state index is 13.2. The van der Waals surface area contributed by atoms with Gasteiger partial charge in [0.2, 0.25) is 11.8 Å². The Morgan fingerprint density at radius 2 is 2.03 bits per heavy atom. The topological polar surface area (TPSA) is 62.3 Å². The molecule has 2 heterocycles. The lowest BCUT2D eigenvalue weighted by Gasteiger charge is -2.59. The predicted octanol–water partition coefficient (Wildman–Crippen LogP) is 5.08. The fraction of sp³-hybridized carbons (Fsp3) is 0.708. The summed E-state index contributed by atoms with van der Waals surface area (Å²) in [6.07, 6.45) is 7.09. The number of nitrogens with zero attached hydrogens (tertiary/aromatic N) is 2. The molecule has 0 aromatic carbocycles. The van der Waals surface area contributed by atoms with Crippen molar-refractivity contribution in [2.75, 3.05) is 12.4 Å². The van der Waals surface area contributed by atoms with Gasteiger partial charge in [-0.3, -0.25) is 9.59 Å². The van der Waals surface area contributed by atoms with Gasteiger partial charge in [0.05, 0.1) is 5.51 Å². The van der Waals surface area contributed by atoms with Crippen LogP contribution in [0.4, 0.5) is 5.82 Å². The fourth-order valence-electron chi connectivity index (χ4n) is 8.03. The molecule has 4 aliphatic rings. The molecule has 6 atom stereocenters. The molecule has 1 aliphatic heterocycles. The number of rotatable bonds is 2. The summed E-state index contributed by atoms with van der Waals surface area (Å²) in [6.45, 7) is 7.03. The van der Waals surface area contributed by atoms with Crippen molar-refractivity contribution in [3.05, 3.63) is 22.2 Å². The van der Waals surface area contributed by atoms with Gasteiger partial charge < -0.3 is 10.2 Å². The van der Waals surface area contributed by atoms with E-state index in [0.29, 0.717) is 30.0 Å². The van der Waals surface area contributed by atoms with Crippen molar-refractivity contribution in [3.63, 3.8) is 0 Å². The summed E-state index contributed by atoms with van der Waals surface area (Å²) in [4.78, 5) is 31.8. The minimum atomic E-state index is 0.0613. The molecule has 1 saturated heterocycles. The van der Waals surface area contributed by atoms with Crippen LogP contribution in [0.25, 0.3) is 0 Å². The van der Waals surface area contributed by atoms with Crippen LogP contribution in [-0.4, -0.2) is 28.7 Å². The lowest BCUT2D eigenvalue weighted by atomic mass is 9.48. The Morgan fingerprint density at radius 1 is 1.23 bits per heavy atom. The fourth-order valence-corrected chi connectivity index (χ4v) is 8.51. The van der Waals surface area contributed by atoms with Crippen molar-refractivity contribution >= 4 is 29.0 Å². The van der Waals surface area contributed by atoms with Crippen molar-refractivity contribution < 1.29 is 9.59 Å². The number of amides is 2. The van der Waals surface area contributed by atoms with E-state index in [9.17, 15) is 9.59 Å². The van der Waals surface area contributed by atoms with Gasteiger partial charge in [0, 0.05) is 35.9 Å². The first kappa shape index (κ1) is 20.2. The molecule has 3 aliphatic carbocycles. The van der Waals surface area contributed by atoms with Gasteiger partial charge in [0.25, 0.3) is 0 Å². The monoisotopic (exact) mass is 427 g/mol. The van der Waals surface area contributed by atoms with Crippen molar-refractivity contribution in [3.8, 4) is 0 Å². The number of nitrogens with one attached hydrogen (secondary N) is 1. The molecule has 1 unspecified atom stereocenters. The molecule has 2 amide bonds. The van der Waals surface area contributed by atoms with Crippen LogP contribution in [-0.2, 0) is 9.59 Å². The first-order valence-electron chi connectivity index (χ1n) is 11.4. The molecule has 0 bridgehead atoms. The molecule has 0 radical (unpaired) electrons. The van der Waals surface area contributed by atoms with Gasteiger partial charge in [-0.25, -0.2) is 4.98 Å². The maximum absolute atomic E-state index is 13.2. The molecule has 3 fully saturated rings. The van der Waals surface area contributed by atoms with E-state index in [4.69, 9.17) is 0 Å². The first-order valence-corrected chi connectivity index (χ1v) is 12.4. The Hall–Kier alpha value is -1.69. The smallest absolute Gasteiger partial charge is 0.229 e. The molecule has 1 aromatic rings. The molecule has 162 valence electrons. The molecular formula is C24H33N3O2S. The van der Waals surface area contributed by atoms with Gasteiger partial charge in [-0.05, 0) is 68.6 Å². The maximum Gasteiger partial charge on any atom is 0.229 e. The number of piperidine rings is 1. The molecule has 0 spiro atoms. The Kier molecular flexibility index (Phi) is 4.66. The predicted molar refractivity (Wildman–Crippen MR) is 119 cm³/mol. The van der Waals surface area contributed by atoms with Crippen LogP contribution in [0.5, 0.6) is 0 Å². The average molecular weight is 428 g/mol. The summed E-state index contributed by atoms with van der Waals surface area (Å²) in [5.74, 6) is 3.00. The van der Waals surface area contributed by atoms with Crippen molar-refractivity contribution in [1.82, 2.24) is 9.88 Å². The van der Waals surface area contributed by atoms with Crippen LogP contribution in [0.2, 0.25) is 0 Å². The Labute approximate surface area is 183 Å². The van der Waals surface area contributed by atoms with Crippen LogP contribution in [0.15, 0.2) is 22.2 Å². The molecule has 30 heavy (non-hydrogen) atoms. The number of carbonyl (C=O) groups is 2. The van der Waals surface area contributed by atoms with E-state index in [1.165, 1.54) is 22.6 Å². The second-order valence-electron chi connectivity index (χ2n) is 10.6. The summed E-state index contributed by atoms with van der Waals surface area (Å²) >= 11 is 1.51. The van der Waals surface area contributed by atoms with Crippen LogP contribution in [0.3, 0.4) is 0 Å². The number of likely N-dealkylation sites (tertiary alicyclic amines) is 1. The normalized spacial score (nSPS) is 40.7. The van der Waals surface area contributed by atoms with E-state index in [2.05, 4.69) is 31.1 Å². The molecule has 1 aromatic heterocycles. The van der Waals surface area contributed by atoms with E-state index < -0.39 is 0 Å². The number of hydrogen-bond acceptors (Lipinski definition) is 4. The van der Waals surface area contributed by atoms with E-state index in [1.54, 1.807) is 5.51 Å². The summed E-state index contributed by atoms with van der Waals surface area (Å²) in [7, 11) is 1.97. The lowest BCUT2D eigenvalue weighted by molar-refractivity contribution is -0.137. The van der Waals surface area contributed by atoms with Gasteiger partial charge >= 0.3 is 0 Å². The SMILES string of the molecule is CC1=C2N(C)C(=O)CC[C@]2(C)[C@@H]2CC[C@]3(C)C(C(=O)Nc4cscn4)CC[C@H]3[C@@H]2C1. The third-order valence-electron chi connectivity index (χ3n) is 9.31. The van der Waals surface area contributed by atoms with Crippen LogP contribution < -0.4 is 5.32 Å². The van der Waals surface area contributed by atoms with Crippen LogP contribution in [0, 0.1) is 34.5 Å². The summed E-state index contributed by atoms with van der Waals surface area (Å²) in [5, 5.41) is 4.98. The number of fused-ring (bicyclic) bond motifs is 5. The average Bonchev–Trinajstić information content (AvgIpc) is 3.32. The Bertz CT molecular complexity index is 910. The van der Waals surface area contributed by atoms with E-state index in [0.717, 1.165) is 38.5 Å². The zero-order valence-corrected chi connectivity index (χ0v) is 19.3. The van der Waals surface area contributed by atoms with Crippen LogP contribution in [0.1, 0.15) is 65.7 Å². The van der Waals surface area contributed by atoms with Gasteiger partial charge in [0.15, 0.2) is 0 Å². The van der Waals surface area contributed by atoms with Gasteiger partial charge in [-0.1, -0.05) is 19.4 Å². The van der Waals surface area contributed by atoms with E-state index >= 15 is 0 Å². The van der Waals surface area contributed by atoms with Crippen molar-refractivity contribution in [2.24, 2.45) is 34.5 Å². The quantitative estimate of drug-likeness (QED) is 0.716. The third kappa shape index (κ3) is 2.75. The molecule has 6 heteroatoms. The number of anilines is 1. The zero-order valence-electron chi connectivity index (χ0n) is 18.5. The minimum absolute atomic E-state index is 0.0613. The van der Waals surface area contributed by atoms with Gasteiger partial charge in [-0.15, -0.1) is 11.3 Å². The van der Waals surface area contributed by atoms with Gasteiger partial charge in [-0.2, -0.15) is 0 Å². The Morgan fingerprint density at radius 3 is 2.77 bits per heavy atom. The van der Waals surface area contributed by atoms with E-state index in [1.807, 2.05) is 17.3 Å². The molecule has 5 nitrogen and oxygen atoms in total. The molecule has 5 rings (SSSR count). The highest BCUT2D eigenvalue weighted by molar-refractivity contribution is 7.07. The highest BCUT2D eigenvalue weighted by atomic mass is 32.1. The zero-order chi connectivity index (χ0) is 21.3. The lowest BCUT2D eigenvalue weighted by Crippen LogP contribution is -2.54. The highest BCUT2D eigenvalue weighted by Gasteiger charge is 2.61. The summed E-state index contributed by atoms with van der Waals surface area (Å²) in [6, 6.07) is 0. The molecule has 2 saturated carbocycles. The summed E-state index contributed by atoms with van der Waals surface area (Å²) in [5.41, 5.74) is 4.62.